The summed E-state index contributed by atoms with van der Waals surface area (Å²) in [5, 5.41) is 1.14. The van der Waals surface area contributed by atoms with Crippen LogP contribution in [0.4, 0.5) is 5.13 Å². The monoisotopic (exact) mass is 423 g/mol. The second-order valence-electron chi connectivity index (χ2n) is 6.53. The van der Waals surface area contributed by atoms with Crippen molar-refractivity contribution in [2.45, 2.75) is 13.5 Å². The number of pyridine rings is 1. The molecule has 7 heteroatoms. The number of halogens is 1. The zero-order chi connectivity index (χ0) is 20.2. The molecular weight excluding hydrogens is 406 g/mol. The van der Waals surface area contributed by atoms with E-state index in [0.29, 0.717) is 28.0 Å². The van der Waals surface area contributed by atoms with Crippen molar-refractivity contribution >= 4 is 44.2 Å². The Morgan fingerprint density at radius 2 is 1.97 bits per heavy atom. The van der Waals surface area contributed by atoms with Gasteiger partial charge in [0.2, 0.25) is 0 Å². The Kier molecular flexibility index (Phi) is 5.74. The van der Waals surface area contributed by atoms with Crippen LogP contribution in [0.25, 0.3) is 10.2 Å². The molecule has 4 rings (SSSR count). The van der Waals surface area contributed by atoms with Crippen LogP contribution < -0.4 is 9.64 Å². The van der Waals surface area contributed by atoms with Gasteiger partial charge in [0, 0.05) is 12.4 Å². The summed E-state index contributed by atoms with van der Waals surface area (Å²) in [5.41, 5.74) is 2.73. The van der Waals surface area contributed by atoms with Crippen LogP contribution in [0.1, 0.15) is 11.1 Å². The minimum absolute atomic E-state index is 0.0903. The zero-order valence-corrected chi connectivity index (χ0v) is 17.3. The lowest BCUT2D eigenvalue weighted by Gasteiger charge is -2.20. The van der Waals surface area contributed by atoms with Gasteiger partial charge in [-0.15, -0.1) is 0 Å². The highest BCUT2D eigenvalue weighted by atomic mass is 35.5. The molecular formula is C22H18ClN3O2S. The Hall–Kier alpha value is -2.96. The fourth-order valence-corrected chi connectivity index (χ4v) is 4.09. The minimum Gasteiger partial charge on any atom is -0.484 e. The largest absolute Gasteiger partial charge is 0.484 e. The predicted octanol–water partition coefficient (Wildman–Crippen LogP) is 5.27. The molecule has 0 N–H and O–H groups in total. The summed E-state index contributed by atoms with van der Waals surface area (Å²) in [6.45, 7) is 2.26. The highest BCUT2D eigenvalue weighted by molar-refractivity contribution is 7.22. The number of amides is 1. The Morgan fingerprint density at radius 3 is 2.69 bits per heavy atom. The minimum atomic E-state index is -0.190. The van der Waals surface area contributed by atoms with Gasteiger partial charge in [0.1, 0.15) is 11.3 Å². The van der Waals surface area contributed by atoms with E-state index in [0.717, 1.165) is 15.8 Å². The van der Waals surface area contributed by atoms with Crippen LogP contribution in [0.2, 0.25) is 5.02 Å². The van der Waals surface area contributed by atoms with Crippen molar-refractivity contribution in [2.75, 3.05) is 11.5 Å². The number of nitrogens with zero attached hydrogens (tertiary/aromatic N) is 3. The van der Waals surface area contributed by atoms with Crippen molar-refractivity contribution in [1.82, 2.24) is 9.97 Å². The number of hydrogen-bond acceptors (Lipinski definition) is 5. The van der Waals surface area contributed by atoms with E-state index in [1.54, 1.807) is 23.4 Å². The van der Waals surface area contributed by atoms with Crippen LogP contribution >= 0.6 is 22.9 Å². The van der Waals surface area contributed by atoms with Gasteiger partial charge >= 0.3 is 0 Å². The maximum atomic E-state index is 13.1. The molecule has 5 nitrogen and oxygen atoms in total. The first-order chi connectivity index (χ1) is 14.1. The van der Waals surface area contributed by atoms with Crippen molar-refractivity contribution in [1.29, 1.82) is 0 Å². The van der Waals surface area contributed by atoms with E-state index in [9.17, 15) is 4.79 Å². The predicted molar refractivity (Wildman–Crippen MR) is 117 cm³/mol. The molecule has 0 saturated heterocycles. The van der Waals surface area contributed by atoms with Crippen molar-refractivity contribution in [3.05, 3.63) is 83.1 Å². The summed E-state index contributed by atoms with van der Waals surface area (Å²) in [4.78, 5) is 23.4. The molecule has 2 aromatic heterocycles. The molecule has 0 radical (unpaired) electrons. The number of aryl methyl sites for hydroxylation is 1. The number of carbonyl (C=O) groups excluding carboxylic acids is 1. The molecule has 0 spiro atoms. The number of hydrogen-bond donors (Lipinski definition) is 0. The van der Waals surface area contributed by atoms with Gasteiger partial charge in [-0.1, -0.05) is 52.8 Å². The lowest BCUT2D eigenvalue weighted by atomic mass is 10.2. The van der Waals surface area contributed by atoms with Gasteiger partial charge in [0.05, 0.1) is 16.3 Å². The summed E-state index contributed by atoms with van der Waals surface area (Å²) in [6, 6.07) is 17.0. The van der Waals surface area contributed by atoms with E-state index in [-0.39, 0.29) is 12.5 Å². The highest BCUT2D eigenvalue weighted by Gasteiger charge is 2.21. The molecule has 0 bridgehead atoms. The fraction of sp³-hybridized carbons (Fsp3) is 0.136. The number of para-hydroxylation sites is 1. The second-order valence-corrected chi connectivity index (χ2v) is 7.94. The van der Waals surface area contributed by atoms with Gasteiger partial charge < -0.3 is 4.74 Å². The SMILES string of the molecule is Cc1ccc(OCC(=O)N(Cc2cccnc2)c2nc3c(Cl)cccc3s2)cc1. The number of rotatable bonds is 6. The lowest BCUT2D eigenvalue weighted by Crippen LogP contribution is -2.34. The average molecular weight is 424 g/mol. The smallest absolute Gasteiger partial charge is 0.267 e. The molecule has 0 fully saturated rings. The van der Waals surface area contributed by atoms with Crippen LogP contribution in [0.15, 0.2) is 67.0 Å². The first-order valence-electron chi connectivity index (χ1n) is 9.04. The zero-order valence-electron chi connectivity index (χ0n) is 15.7. The molecule has 146 valence electrons. The van der Waals surface area contributed by atoms with Gasteiger partial charge in [0.15, 0.2) is 11.7 Å². The molecule has 2 aromatic carbocycles. The summed E-state index contributed by atoms with van der Waals surface area (Å²) in [5.74, 6) is 0.460. The molecule has 0 atom stereocenters. The molecule has 0 aliphatic heterocycles. The van der Waals surface area contributed by atoms with E-state index >= 15 is 0 Å². The Morgan fingerprint density at radius 1 is 1.14 bits per heavy atom. The Balaban J connectivity index is 1.60. The second kappa shape index (κ2) is 8.59. The summed E-state index contributed by atoms with van der Waals surface area (Å²) in [7, 11) is 0. The van der Waals surface area contributed by atoms with Crippen LogP contribution in [-0.2, 0) is 11.3 Å². The molecule has 4 aromatic rings. The van der Waals surface area contributed by atoms with Crippen LogP contribution in [0.3, 0.4) is 0 Å². The third-order valence-electron chi connectivity index (χ3n) is 4.34. The van der Waals surface area contributed by atoms with Gasteiger partial charge in [-0.3, -0.25) is 14.7 Å². The number of aromatic nitrogens is 2. The molecule has 0 unspecified atom stereocenters. The number of benzene rings is 2. The van der Waals surface area contributed by atoms with E-state index in [1.807, 2.05) is 55.5 Å². The molecule has 0 aliphatic carbocycles. The third kappa shape index (κ3) is 4.55. The molecule has 1 amide bonds. The van der Waals surface area contributed by atoms with Crippen LogP contribution in [0.5, 0.6) is 5.75 Å². The number of fused-ring (bicyclic) bond motifs is 1. The van der Waals surface area contributed by atoms with Crippen LogP contribution in [-0.4, -0.2) is 22.5 Å². The van der Waals surface area contributed by atoms with E-state index in [1.165, 1.54) is 11.3 Å². The third-order valence-corrected chi connectivity index (χ3v) is 5.69. The van der Waals surface area contributed by atoms with Crippen molar-refractivity contribution in [3.63, 3.8) is 0 Å². The standard InChI is InChI=1S/C22H18ClN3O2S/c1-15-7-9-17(10-8-15)28-14-20(27)26(13-16-4-3-11-24-12-16)22-25-21-18(23)5-2-6-19(21)29-22/h2-12H,13-14H2,1H3. The number of ether oxygens (including phenoxy) is 1. The van der Waals surface area contributed by atoms with Crippen LogP contribution in [0, 0.1) is 6.92 Å². The normalized spacial score (nSPS) is 10.8. The van der Waals surface area contributed by atoms with Gasteiger partial charge in [-0.05, 0) is 42.8 Å². The molecule has 29 heavy (non-hydrogen) atoms. The first kappa shape index (κ1) is 19.4. The maximum Gasteiger partial charge on any atom is 0.267 e. The quantitative estimate of drug-likeness (QED) is 0.424. The van der Waals surface area contributed by atoms with Crippen molar-refractivity contribution < 1.29 is 9.53 Å². The molecule has 2 heterocycles. The summed E-state index contributed by atoms with van der Waals surface area (Å²) < 4.78 is 6.63. The van der Waals surface area contributed by atoms with E-state index in [2.05, 4.69) is 9.97 Å². The number of anilines is 1. The van der Waals surface area contributed by atoms with Gasteiger partial charge in [-0.2, -0.15) is 0 Å². The van der Waals surface area contributed by atoms with Crippen molar-refractivity contribution in [3.8, 4) is 5.75 Å². The lowest BCUT2D eigenvalue weighted by molar-refractivity contribution is -0.120. The summed E-state index contributed by atoms with van der Waals surface area (Å²) in [6.07, 6.45) is 3.44. The fourth-order valence-electron chi connectivity index (χ4n) is 2.81. The van der Waals surface area contributed by atoms with Gasteiger partial charge in [0.25, 0.3) is 5.91 Å². The Labute approximate surface area is 177 Å². The number of thiazole rings is 1. The van der Waals surface area contributed by atoms with Crippen molar-refractivity contribution in [2.24, 2.45) is 0 Å². The summed E-state index contributed by atoms with van der Waals surface area (Å²) >= 11 is 7.70. The highest BCUT2D eigenvalue weighted by Crippen LogP contribution is 2.33. The van der Waals surface area contributed by atoms with E-state index in [4.69, 9.17) is 16.3 Å². The average Bonchev–Trinajstić information content (AvgIpc) is 3.17. The topological polar surface area (TPSA) is 55.3 Å². The first-order valence-corrected chi connectivity index (χ1v) is 10.2. The number of carbonyl (C=O) groups is 1. The maximum absolute atomic E-state index is 13.1. The molecule has 0 saturated carbocycles. The van der Waals surface area contributed by atoms with E-state index < -0.39 is 0 Å². The Bertz CT molecular complexity index is 1130. The molecule has 0 aliphatic rings. The van der Waals surface area contributed by atoms with Gasteiger partial charge in [-0.25, -0.2) is 4.98 Å².